The number of aliphatic carboxylic acids is 1. The Hall–Kier alpha value is -2.34. The smallest absolute Gasteiger partial charge is 0.326 e. The van der Waals surface area contributed by atoms with E-state index in [1.807, 2.05) is 25.1 Å². The van der Waals surface area contributed by atoms with Gasteiger partial charge in [0.25, 0.3) is 5.91 Å². The number of amides is 1. The van der Waals surface area contributed by atoms with Crippen molar-refractivity contribution in [3.05, 3.63) is 46.7 Å². The number of aryl methyl sites for hydroxylation is 1. The first-order chi connectivity index (χ1) is 11.0. The van der Waals surface area contributed by atoms with Gasteiger partial charge < -0.3 is 10.0 Å². The van der Waals surface area contributed by atoms with Crippen LogP contribution in [0.4, 0.5) is 0 Å². The van der Waals surface area contributed by atoms with Crippen LogP contribution >= 0.6 is 11.6 Å². The van der Waals surface area contributed by atoms with Crippen molar-refractivity contribution < 1.29 is 14.7 Å². The SMILES string of the molecule is Cc1cc(C(=O)N2CCC[C@@H]2C(=O)O)nn1-c1ccccc1Cl. The molecule has 0 saturated carbocycles. The molecule has 0 unspecified atom stereocenters. The van der Waals surface area contributed by atoms with Crippen molar-refractivity contribution in [1.29, 1.82) is 0 Å². The average Bonchev–Trinajstić information content (AvgIpc) is 3.14. The molecule has 1 aliphatic rings. The summed E-state index contributed by atoms with van der Waals surface area (Å²) in [5.41, 5.74) is 1.67. The van der Waals surface area contributed by atoms with E-state index >= 15 is 0 Å². The van der Waals surface area contributed by atoms with E-state index in [2.05, 4.69) is 5.10 Å². The van der Waals surface area contributed by atoms with E-state index < -0.39 is 12.0 Å². The maximum Gasteiger partial charge on any atom is 0.326 e. The third kappa shape index (κ3) is 2.82. The number of hydrogen-bond donors (Lipinski definition) is 1. The first-order valence-corrected chi connectivity index (χ1v) is 7.72. The number of carboxylic acid groups (broad SMARTS) is 1. The van der Waals surface area contributed by atoms with Gasteiger partial charge in [-0.1, -0.05) is 23.7 Å². The largest absolute Gasteiger partial charge is 0.480 e. The van der Waals surface area contributed by atoms with Crippen molar-refractivity contribution in [1.82, 2.24) is 14.7 Å². The molecular formula is C16H16ClN3O3. The van der Waals surface area contributed by atoms with Crippen LogP contribution in [0.1, 0.15) is 29.0 Å². The summed E-state index contributed by atoms with van der Waals surface area (Å²) in [5.74, 6) is -1.33. The summed E-state index contributed by atoms with van der Waals surface area (Å²) in [6.45, 7) is 2.26. The lowest BCUT2D eigenvalue weighted by Crippen LogP contribution is -2.40. The molecule has 1 atom stereocenters. The van der Waals surface area contributed by atoms with Gasteiger partial charge in [-0.2, -0.15) is 5.10 Å². The predicted octanol–water partition coefficient (Wildman–Crippen LogP) is 2.52. The van der Waals surface area contributed by atoms with Crippen LogP contribution in [-0.2, 0) is 4.79 Å². The van der Waals surface area contributed by atoms with Crippen molar-refractivity contribution >= 4 is 23.5 Å². The number of benzene rings is 1. The number of rotatable bonds is 3. The van der Waals surface area contributed by atoms with Crippen molar-refractivity contribution in [2.45, 2.75) is 25.8 Å². The molecule has 7 heteroatoms. The molecule has 0 radical (unpaired) electrons. The fourth-order valence-corrected chi connectivity index (χ4v) is 3.08. The summed E-state index contributed by atoms with van der Waals surface area (Å²) >= 11 is 6.18. The highest BCUT2D eigenvalue weighted by Crippen LogP contribution is 2.23. The molecule has 2 aromatic rings. The molecule has 1 fully saturated rings. The number of carbonyl (C=O) groups is 2. The predicted molar refractivity (Wildman–Crippen MR) is 85.0 cm³/mol. The van der Waals surface area contributed by atoms with Crippen molar-refractivity contribution in [3.63, 3.8) is 0 Å². The minimum Gasteiger partial charge on any atom is -0.480 e. The molecule has 1 aromatic heterocycles. The Morgan fingerprint density at radius 2 is 2.09 bits per heavy atom. The van der Waals surface area contributed by atoms with Crippen LogP contribution in [0.25, 0.3) is 5.69 Å². The van der Waals surface area contributed by atoms with E-state index in [1.165, 1.54) is 4.90 Å². The molecule has 6 nitrogen and oxygen atoms in total. The number of nitrogens with zero attached hydrogens (tertiary/aromatic N) is 3. The van der Waals surface area contributed by atoms with E-state index in [0.29, 0.717) is 30.1 Å². The number of halogens is 1. The van der Waals surface area contributed by atoms with Gasteiger partial charge in [0, 0.05) is 12.2 Å². The molecule has 0 aliphatic carbocycles. The number of carbonyl (C=O) groups excluding carboxylic acids is 1. The molecule has 2 heterocycles. The zero-order chi connectivity index (χ0) is 16.6. The second-order valence-electron chi connectivity index (χ2n) is 5.53. The Kier molecular flexibility index (Phi) is 4.09. The molecule has 23 heavy (non-hydrogen) atoms. The van der Waals surface area contributed by atoms with Crippen molar-refractivity contribution in [2.24, 2.45) is 0 Å². The molecule has 1 N–H and O–H groups in total. The van der Waals surface area contributed by atoms with Crippen LogP contribution in [0.5, 0.6) is 0 Å². The van der Waals surface area contributed by atoms with E-state index in [1.54, 1.807) is 16.8 Å². The average molecular weight is 334 g/mol. The molecule has 1 aliphatic heterocycles. The summed E-state index contributed by atoms with van der Waals surface area (Å²) in [6, 6.07) is 8.10. The number of para-hydroxylation sites is 1. The summed E-state index contributed by atoms with van der Waals surface area (Å²) in [4.78, 5) is 25.2. The van der Waals surface area contributed by atoms with E-state index in [-0.39, 0.29) is 11.6 Å². The number of aromatic nitrogens is 2. The molecule has 1 aromatic carbocycles. The van der Waals surface area contributed by atoms with Crippen LogP contribution in [0, 0.1) is 6.92 Å². The molecule has 0 bridgehead atoms. The maximum absolute atomic E-state index is 12.6. The lowest BCUT2D eigenvalue weighted by atomic mass is 10.2. The third-order valence-electron chi connectivity index (χ3n) is 3.99. The summed E-state index contributed by atoms with van der Waals surface area (Å²) in [7, 11) is 0. The second kappa shape index (κ2) is 6.04. The first kappa shape index (κ1) is 15.6. The van der Waals surface area contributed by atoms with Crippen LogP contribution in [-0.4, -0.2) is 44.3 Å². The zero-order valence-corrected chi connectivity index (χ0v) is 13.3. The highest BCUT2D eigenvalue weighted by atomic mass is 35.5. The zero-order valence-electron chi connectivity index (χ0n) is 12.6. The van der Waals surface area contributed by atoms with Crippen LogP contribution in [0.2, 0.25) is 5.02 Å². The summed E-state index contributed by atoms with van der Waals surface area (Å²) in [6.07, 6.45) is 1.16. The second-order valence-corrected chi connectivity index (χ2v) is 5.94. The first-order valence-electron chi connectivity index (χ1n) is 7.34. The normalized spacial score (nSPS) is 17.5. The molecule has 3 rings (SSSR count). The summed E-state index contributed by atoms with van der Waals surface area (Å²) in [5, 5.41) is 14.1. The van der Waals surface area contributed by atoms with Crippen molar-refractivity contribution in [2.75, 3.05) is 6.54 Å². The number of hydrogen-bond acceptors (Lipinski definition) is 3. The fourth-order valence-electron chi connectivity index (χ4n) is 2.86. The van der Waals surface area contributed by atoms with Gasteiger partial charge in [-0.25, -0.2) is 9.48 Å². The number of carboxylic acids is 1. The Morgan fingerprint density at radius 3 is 2.78 bits per heavy atom. The van der Waals surface area contributed by atoms with Crippen LogP contribution in [0.15, 0.2) is 30.3 Å². The van der Waals surface area contributed by atoms with Gasteiger partial charge >= 0.3 is 5.97 Å². The minimum absolute atomic E-state index is 0.232. The van der Waals surface area contributed by atoms with Crippen molar-refractivity contribution in [3.8, 4) is 5.69 Å². The Labute approximate surface area is 138 Å². The van der Waals surface area contributed by atoms with Gasteiger partial charge in [0.15, 0.2) is 5.69 Å². The lowest BCUT2D eigenvalue weighted by Gasteiger charge is -2.20. The fraction of sp³-hybridized carbons (Fsp3) is 0.312. The molecule has 120 valence electrons. The highest BCUT2D eigenvalue weighted by Gasteiger charge is 2.35. The Morgan fingerprint density at radius 1 is 1.35 bits per heavy atom. The minimum atomic E-state index is -0.974. The monoisotopic (exact) mass is 333 g/mol. The van der Waals surface area contributed by atoms with Gasteiger partial charge in [-0.15, -0.1) is 0 Å². The van der Waals surface area contributed by atoms with E-state index in [4.69, 9.17) is 11.6 Å². The standard InChI is InChI=1S/C16H16ClN3O3/c1-10-9-12(15(21)19-8-4-7-14(19)16(22)23)18-20(10)13-6-3-2-5-11(13)17/h2-3,5-6,9,14H,4,7-8H2,1H3,(H,22,23)/t14-/m1/s1. The van der Waals surface area contributed by atoms with Gasteiger partial charge in [0.1, 0.15) is 6.04 Å². The van der Waals surface area contributed by atoms with Gasteiger partial charge in [0.05, 0.1) is 10.7 Å². The van der Waals surface area contributed by atoms with Crippen LogP contribution in [0.3, 0.4) is 0 Å². The molecular weight excluding hydrogens is 318 g/mol. The topological polar surface area (TPSA) is 75.4 Å². The Balaban J connectivity index is 1.93. The lowest BCUT2D eigenvalue weighted by molar-refractivity contribution is -0.141. The van der Waals surface area contributed by atoms with E-state index in [9.17, 15) is 14.7 Å². The highest BCUT2D eigenvalue weighted by molar-refractivity contribution is 6.32. The molecule has 0 spiro atoms. The number of likely N-dealkylation sites (tertiary alicyclic amines) is 1. The quantitative estimate of drug-likeness (QED) is 0.936. The molecule has 1 amide bonds. The van der Waals surface area contributed by atoms with Gasteiger partial charge in [0.2, 0.25) is 0 Å². The Bertz CT molecular complexity index is 772. The maximum atomic E-state index is 12.6. The summed E-state index contributed by atoms with van der Waals surface area (Å²) < 4.78 is 1.60. The van der Waals surface area contributed by atoms with Crippen LogP contribution < -0.4 is 0 Å². The van der Waals surface area contributed by atoms with E-state index in [0.717, 1.165) is 5.69 Å². The van der Waals surface area contributed by atoms with Gasteiger partial charge in [-0.05, 0) is 38.0 Å². The third-order valence-corrected chi connectivity index (χ3v) is 4.31. The molecule has 1 saturated heterocycles. The van der Waals surface area contributed by atoms with Gasteiger partial charge in [-0.3, -0.25) is 4.79 Å².